The first-order chi connectivity index (χ1) is 39.9. The van der Waals surface area contributed by atoms with Crippen LogP contribution in [0.1, 0.15) is 42.1 Å². The molecule has 2 aliphatic carbocycles. The lowest BCUT2D eigenvalue weighted by molar-refractivity contribution is 0.619. The van der Waals surface area contributed by atoms with Gasteiger partial charge in [0.05, 0.1) is 11.7 Å². The van der Waals surface area contributed by atoms with Gasteiger partial charge in [0, 0.05) is 44.7 Å². The molecule has 81 heavy (non-hydrogen) atoms. The Hall–Kier alpha value is -10.3. The number of anilines is 5. The molecule has 12 aromatic carbocycles. The largest absolute Gasteiger partial charge is 0.436 e. The van der Waals surface area contributed by atoms with E-state index in [1.54, 1.807) is 0 Å². The molecule has 1 unspecified atom stereocenters. The van der Waals surface area contributed by atoms with Crippen molar-refractivity contribution in [2.24, 2.45) is 0 Å². The minimum absolute atomic E-state index is 0.0426. The fraction of sp³-hybridized carbons (Fsp3) is 0.0667. The molecule has 0 fully saturated rings. The van der Waals surface area contributed by atoms with E-state index in [9.17, 15) is 0 Å². The van der Waals surface area contributed by atoms with Crippen molar-refractivity contribution in [3.8, 4) is 56.3 Å². The van der Waals surface area contributed by atoms with E-state index in [2.05, 4.69) is 236 Å². The van der Waals surface area contributed by atoms with Crippen LogP contribution >= 0.6 is 0 Å². The summed E-state index contributed by atoms with van der Waals surface area (Å²) in [6.07, 6.45) is 0.868. The topological polar surface area (TPSA) is 58.5 Å². The lowest BCUT2D eigenvalue weighted by Crippen LogP contribution is -2.29. The van der Waals surface area contributed by atoms with Gasteiger partial charge in [-0.15, -0.1) is 0 Å². The number of benzene rings is 12. The van der Waals surface area contributed by atoms with Gasteiger partial charge in [-0.25, -0.2) is 9.97 Å². The molecule has 2 aromatic heterocycles. The van der Waals surface area contributed by atoms with Gasteiger partial charge in [0.1, 0.15) is 11.0 Å². The minimum atomic E-state index is -0.284. The molecule has 1 atom stereocenters. The van der Waals surface area contributed by atoms with Crippen LogP contribution in [0, 0.1) is 0 Å². The second-order valence-electron chi connectivity index (χ2n) is 22.1. The second kappa shape index (κ2) is 18.4. The number of fused-ring (bicyclic) bond motifs is 11. The molecule has 0 aliphatic heterocycles. The molecule has 6 heteroatoms. The van der Waals surface area contributed by atoms with Crippen molar-refractivity contribution >= 4 is 72.2 Å². The van der Waals surface area contributed by atoms with E-state index in [4.69, 9.17) is 18.8 Å². The maximum Gasteiger partial charge on any atom is 0.227 e. The highest BCUT2D eigenvalue weighted by molar-refractivity contribution is 6.14. The molecule has 0 saturated carbocycles. The number of hydrogen-bond donors (Lipinski definition) is 0. The third kappa shape index (κ3) is 7.70. The Bertz CT molecular complexity index is 4720. The average Bonchev–Trinajstić information content (AvgIpc) is 4.40. The molecule has 0 amide bonds. The number of rotatable bonds is 9. The van der Waals surface area contributed by atoms with E-state index in [0.717, 1.165) is 73.7 Å². The molecule has 0 N–H and O–H groups in total. The number of oxazole rings is 2. The van der Waals surface area contributed by atoms with Crippen molar-refractivity contribution in [1.82, 2.24) is 9.97 Å². The van der Waals surface area contributed by atoms with Gasteiger partial charge >= 0.3 is 0 Å². The highest BCUT2D eigenvalue weighted by Gasteiger charge is 2.38. The summed E-state index contributed by atoms with van der Waals surface area (Å²) in [5.74, 6) is 1.23. The van der Waals surface area contributed by atoms with E-state index < -0.39 is 0 Å². The van der Waals surface area contributed by atoms with Gasteiger partial charge in [-0.05, 0) is 187 Å². The van der Waals surface area contributed by atoms with Gasteiger partial charge < -0.3 is 18.6 Å². The second-order valence-corrected chi connectivity index (χ2v) is 22.1. The van der Waals surface area contributed by atoms with Crippen LogP contribution in [0.3, 0.4) is 0 Å². The Labute approximate surface area is 469 Å². The summed E-state index contributed by atoms with van der Waals surface area (Å²) in [6.45, 7) is 4.78. The van der Waals surface area contributed by atoms with E-state index in [0.29, 0.717) is 11.8 Å². The highest BCUT2D eigenvalue weighted by atomic mass is 16.4. The first kappa shape index (κ1) is 46.8. The molecule has 2 heterocycles. The van der Waals surface area contributed by atoms with Crippen LogP contribution in [-0.2, 0) is 11.8 Å². The summed E-state index contributed by atoms with van der Waals surface area (Å²) in [5, 5.41) is 4.82. The number of nitrogens with zero attached hydrogens (tertiary/aromatic N) is 4. The molecule has 14 aromatic rings. The zero-order chi connectivity index (χ0) is 53.8. The van der Waals surface area contributed by atoms with E-state index >= 15 is 0 Å². The Balaban J connectivity index is 0.760. The Morgan fingerprint density at radius 3 is 1.58 bits per heavy atom. The van der Waals surface area contributed by atoms with Crippen LogP contribution in [0.5, 0.6) is 0 Å². The normalized spacial score (nSPS) is 14.0. The van der Waals surface area contributed by atoms with Crippen molar-refractivity contribution in [3.05, 3.63) is 283 Å². The van der Waals surface area contributed by atoms with Gasteiger partial charge in [0.15, 0.2) is 11.2 Å². The van der Waals surface area contributed by atoms with Crippen molar-refractivity contribution in [2.45, 2.75) is 31.7 Å². The molecular formula is C75H52N4O2. The summed E-state index contributed by atoms with van der Waals surface area (Å²) >= 11 is 0. The molecule has 0 bridgehead atoms. The Morgan fingerprint density at radius 1 is 0.395 bits per heavy atom. The molecule has 0 radical (unpaired) electrons. The number of aromatic nitrogens is 2. The van der Waals surface area contributed by atoms with Gasteiger partial charge in [-0.1, -0.05) is 166 Å². The minimum Gasteiger partial charge on any atom is -0.436 e. The van der Waals surface area contributed by atoms with Crippen LogP contribution in [-0.4, -0.2) is 9.97 Å². The van der Waals surface area contributed by atoms with E-state index in [-0.39, 0.29) is 11.5 Å². The fourth-order valence-corrected chi connectivity index (χ4v) is 13.1. The lowest BCUT2D eigenvalue weighted by Gasteiger charge is -2.39. The van der Waals surface area contributed by atoms with Crippen LogP contribution < -0.4 is 9.80 Å². The third-order valence-corrected chi connectivity index (χ3v) is 17.1. The first-order valence-corrected chi connectivity index (χ1v) is 27.9. The zero-order valence-electron chi connectivity index (χ0n) is 44.7. The third-order valence-electron chi connectivity index (χ3n) is 17.1. The quantitative estimate of drug-likeness (QED) is 0.134. The van der Waals surface area contributed by atoms with Crippen molar-refractivity contribution in [3.63, 3.8) is 0 Å². The Kier molecular flexibility index (Phi) is 10.6. The number of hydrogen-bond acceptors (Lipinski definition) is 6. The zero-order valence-corrected chi connectivity index (χ0v) is 44.7. The van der Waals surface area contributed by atoms with Crippen molar-refractivity contribution in [2.75, 3.05) is 9.80 Å². The van der Waals surface area contributed by atoms with E-state index in [1.807, 2.05) is 48.5 Å². The van der Waals surface area contributed by atoms with Gasteiger partial charge in [0.2, 0.25) is 11.8 Å². The van der Waals surface area contributed by atoms with Crippen LogP contribution in [0.25, 0.3) is 100 Å². The van der Waals surface area contributed by atoms with Crippen molar-refractivity contribution < 1.29 is 8.83 Å². The standard InChI is InChI=1S/C75H52N4O2/c1-75(2)65-43-50(47-27-34-53(35-28-47)78(69-44-51-15-3-5-17-57(51)59-19-7-9-21-63(59)69)54-36-29-48(30-37-54)73-76-67-23-11-13-25-71(67)80-73)33-41-61(65)62-42-40-56(46-66(62)75)79(70-45-52-16-4-6-18-58(52)60-20-8-10-22-64(60)70)55-38-31-49(32-39-55)74-77-68-24-12-14-26-72(68)81-74/h3-44,46,70H,45H2,1-2H3. The van der Waals surface area contributed by atoms with Gasteiger partial charge in [-0.3, -0.25) is 0 Å². The smallest absolute Gasteiger partial charge is 0.227 e. The highest BCUT2D eigenvalue weighted by Crippen LogP contribution is 2.53. The predicted octanol–water partition coefficient (Wildman–Crippen LogP) is 20.2. The molecule has 16 rings (SSSR count). The Morgan fingerprint density at radius 2 is 0.901 bits per heavy atom. The molecule has 6 nitrogen and oxygen atoms in total. The van der Waals surface area contributed by atoms with Crippen LogP contribution in [0.4, 0.5) is 28.4 Å². The van der Waals surface area contributed by atoms with Crippen LogP contribution in [0.15, 0.2) is 270 Å². The predicted molar refractivity (Wildman–Crippen MR) is 332 cm³/mol. The van der Waals surface area contributed by atoms with Crippen molar-refractivity contribution in [1.29, 1.82) is 0 Å². The lowest BCUT2D eigenvalue weighted by atomic mass is 9.80. The monoisotopic (exact) mass is 1040 g/mol. The maximum atomic E-state index is 6.25. The fourth-order valence-electron chi connectivity index (χ4n) is 13.1. The molecular weight excluding hydrogens is 989 g/mol. The summed E-state index contributed by atoms with van der Waals surface area (Å²) in [5.41, 5.74) is 23.1. The van der Waals surface area contributed by atoms with Crippen LogP contribution in [0.2, 0.25) is 0 Å². The molecule has 0 saturated heterocycles. The summed E-state index contributed by atoms with van der Waals surface area (Å²) in [6, 6.07) is 94.2. The summed E-state index contributed by atoms with van der Waals surface area (Å²) < 4.78 is 12.5. The summed E-state index contributed by atoms with van der Waals surface area (Å²) in [4.78, 5) is 14.6. The summed E-state index contributed by atoms with van der Waals surface area (Å²) in [7, 11) is 0. The van der Waals surface area contributed by atoms with E-state index in [1.165, 1.54) is 71.6 Å². The number of para-hydroxylation sites is 4. The first-order valence-electron chi connectivity index (χ1n) is 27.9. The van der Waals surface area contributed by atoms with Gasteiger partial charge in [-0.2, -0.15) is 0 Å². The van der Waals surface area contributed by atoms with Gasteiger partial charge in [0.25, 0.3) is 0 Å². The molecule has 2 aliphatic rings. The molecule has 0 spiro atoms. The SMILES string of the molecule is CC1(C)c2cc(-c3ccc(N(c4ccc(-c5nc6ccccc6o5)cc4)c4cc5ccccc5c5ccccc45)cc3)ccc2-c2ccc(N(c3ccc(-c4nc5ccccc5o4)cc3)C3Cc4ccccc4-c4ccccc43)cc21. The maximum absolute atomic E-state index is 6.25. The average molecular weight is 1040 g/mol. The molecule has 384 valence electrons.